The van der Waals surface area contributed by atoms with Crippen LogP contribution in [0.4, 0.5) is 0 Å². The number of thioether (sulfide) groups is 1. The fraction of sp³-hybridized carbons (Fsp3) is 0.231. The Labute approximate surface area is 202 Å². The number of fused-ring (bicyclic) bond motifs is 3. The Balaban J connectivity index is 0.00000133. The molecule has 0 fully saturated rings. The van der Waals surface area contributed by atoms with Crippen LogP contribution in [0.5, 0.6) is 5.75 Å². The standard InChI is InChI=1S/C24H23N3O4S.C2H2/c1-31-13-12-25-15-27(26-11-10-19(28)23(29)22(26)24(25)30)21-17-7-3-2-6-16(17)14-32-20-9-5-4-8-18(20)21;1-2/h2-11,21,29H,12-15H2,1H3;1-2H/t21-;/m1./s1. The van der Waals surface area contributed by atoms with Gasteiger partial charge in [0.2, 0.25) is 5.43 Å². The van der Waals surface area contributed by atoms with Crippen LogP contribution in [0.15, 0.2) is 70.5 Å². The van der Waals surface area contributed by atoms with Crippen molar-refractivity contribution in [1.29, 1.82) is 0 Å². The second-order valence-corrected chi connectivity index (χ2v) is 8.81. The van der Waals surface area contributed by atoms with E-state index in [1.807, 2.05) is 29.3 Å². The molecule has 7 nitrogen and oxygen atoms in total. The maximum atomic E-state index is 13.2. The molecule has 0 saturated heterocycles. The van der Waals surface area contributed by atoms with Crippen LogP contribution >= 0.6 is 11.8 Å². The number of carbonyl (C=O) groups is 1. The summed E-state index contributed by atoms with van der Waals surface area (Å²) in [4.78, 5) is 28.2. The van der Waals surface area contributed by atoms with E-state index in [0.717, 1.165) is 16.9 Å². The zero-order chi connectivity index (χ0) is 24.2. The molecule has 2 aliphatic heterocycles. The van der Waals surface area contributed by atoms with Crippen molar-refractivity contribution in [3.63, 3.8) is 0 Å². The minimum absolute atomic E-state index is 0.0216. The number of nitrogens with zero attached hydrogens (tertiary/aromatic N) is 3. The predicted octanol–water partition coefficient (Wildman–Crippen LogP) is 3.20. The van der Waals surface area contributed by atoms with Crippen LogP contribution in [0.3, 0.4) is 0 Å². The molecule has 3 heterocycles. The average Bonchev–Trinajstić information content (AvgIpc) is 3.04. The lowest BCUT2D eigenvalue weighted by Crippen LogP contribution is -2.56. The number of ether oxygens (including phenoxy) is 1. The molecule has 174 valence electrons. The van der Waals surface area contributed by atoms with Gasteiger partial charge < -0.3 is 14.7 Å². The summed E-state index contributed by atoms with van der Waals surface area (Å²) in [5.41, 5.74) is 2.87. The van der Waals surface area contributed by atoms with Gasteiger partial charge in [-0.15, -0.1) is 24.6 Å². The predicted molar refractivity (Wildman–Crippen MR) is 133 cm³/mol. The number of aromatic nitrogens is 1. The lowest BCUT2D eigenvalue weighted by atomic mass is 9.94. The minimum atomic E-state index is -0.574. The number of methoxy groups -OCH3 is 1. The molecule has 0 bridgehead atoms. The highest BCUT2D eigenvalue weighted by Gasteiger charge is 2.38. The van der Waals surface area contributed by atoms with Crippen molar-refractivity contribution in [2.24, 2.45) is 0 Å². The molecular weight excluding hydrogens is 450 g/mol. The van der Waals surface area contributed by atoms with Crippen molar-refractivity contribution in [3.05, 3.63) is 93.4 Å². The van der Waals surface area contributed by atoms with Crippen molar-refractivity contribution in [2.45, 2.75) is 16.7 Å². The molecule has 1 aromatic heterocycles. The van der Waals surface area contributed by atoms with E-state index in [0.29, 0.717) is 13.2 Å². The number of hydrogen-bond donors (Lipinski definition) is 1. The van der Waals surface area contributed by atoms with E-state index in [2.05, 4.69) is 37.1 Å². The first-order chi connectivity index (χ1) is 16.6. The van der Waals surface area contributed by atoms with Crippen LogP contribution < -0.4 is 10.4 Å². The zero-order valence-corrected chi connectivity index (χ0v) is 19.6. The summed E-state index contributed by atoms with van der Waals surface area (Å²) in [5.74, 6) is -0.0844. The lowest BCUT2D eigenvalue weighted by molar-refractivity contribution is 0.0614. The molecule has 2 aromatic carbocycles. The largest absolute Gasteiger partial charge is 0.502 e. The molecule has 1 atom stereocenters. The van der Waals surface area contributed by atoms with Gasteiger partial charge in [-0.25, -0.2) is 0 Å². The molecule has 0 spiro atoms. The number of hydrogen-bond acceptors (Lipinski definition) is 6. The van der Waals surface area contributed by atoms with E-state index in [1.54, 1.807) is 34.6 Å². The van der Waals surface area contributed by atoms with Crippen LogP contribution in [-0.4, -0.2) is 47.5 Å². The maximum absolute atomic E-state index is 13.2. The highest BCUT2D eigenvalue weighted by Crippen LogP contribution is 2.42. The smallest absolute Gasteiger partial charge is 0.277 e. The zero-order valence-electron chi connectivity index (χ0n) is 18.8. The third-order valence-electron chi connectivity index (χ3n) is 5.95. The van der Waals surface area contributed by atoms with Gasteiger partial charge in [0.15, 0.2) is 11.4 Å². The van der Waals surface area contributed by atoms with Gasteiger partial charge >= 0.3 is 0 Å². The fourth-order valence-corrected chi connectivity index (χ4v) is 5.48. The van der Waals surface area contributed by atoms with Crippen LogP contribution in [0.1, 0.15) is 33.2 Å². The fourth-order valence-electron chi connectivity index (χ4n) is 4.38. The number of pyridine rings is 1. The molecule has 2 aliphatic rings. The van der Waals surface area contributed by atoms with E-state index in [1.165, 1.54) is 16.5 Å². The molecule has 3 aromatic rings. The first-order valence-corrected chi connectivity index (χ1v) is 11.7. The first kappa shape index (κ1) is 23.5. The van der Waals surface area contributed by atoms with E-state index < -0.39 is 17.1 Å². The summed E-state index contributed by atoms with van der Waals surface area (Å²) in [7, 11) is 1.58. The Morgan fingerprint density at radius 3 is 2.53 bits per heavy atom. The number of benzene rings is 2. The van der Waals surface area contributed by atoms with Gasteiger partial charge in [0.05, 0.1) is 12.6 Å². The van der Waals surface area contributed by atoms with Gasteiger partial charge in [0, 0.05) is 36.6 Å². The third-order valence-corrected chi connectivity index (χ3v) is 7.08. The first-order valence-electron chi connectivity index (χ1n) is 10.7. The molecule has 0 aliphatic carbocycles. The molecule has 1 amide bonds. The Kier molecular flexibility index (Phi) is 6.96. The number of rotatable bonds is 4. The van der Waals surface area contributed by atoms with Crippen molar-refractivity contribution in [2.75, 3.05) is 31.9 Å². The highest BCUT2D eigenvalue weighted by molar-refractivity contribution is 7.98. The SMILES string of the molecule is C#C.COCCN1CN([C@@H]2c3ccccc3CSc3ccccc32)n2ccc(=O)c(O)c2C1=O. The summed E-state index contributed by atoms with van der Waals surface area (Å²) in [6.45, 7) is 0.986. The summed E-state index contributed by atoms with van der Waals surface area (Å²) in [5, 5.41) is 12.6. The van der Waals surface area contributed by atoms with Crippen LogP contribution in [-0.2, 0) is 10.5 Å². The second kappa shape index (κ2) is 10.1. The monoisotopic (exact) mass is 475 g/mol. The Bertz CT molecular complexity index is 1240. The molecule has 8 heteroatoms. The number of amides is 1. The Morgan fingerprint density at radius 2 is 1.76 bits per heavy atom. The topological polar surface area (TPSA) is 75.0 Å². The lowest BCUT2D eigenvalue weighted by Gasteiger charge is -2.44. The minimum Gasteiger partial charge on any atom is -0.502 e. The molecule has 0 radical (unpaired) electrons. The van der Waals surface area contributed by atoms with E-state index in [4.69, 9.17) is 4.74 Å². The molecule has 34 heavy (non-hydrogen) atoms. The third kappa shape index (κ3) is 4.04. The van der Waals surface area contributed by atoms with Gasteiger partial charge in [-0.3, -0.25) is 19.3 Å². The van der Waals surface area contributed by atoms with Crippen molar-refractivity contribution < 1.29 is 14.6 Å². The highest BCUT2D eigenvalue weighted by atomic mass is 32.2. The Morgan fingerprint density at radius 1 is 1.06 bits per heavy atom. The molecule has 0 unspecified atom stereocenters. The van der Waals surface area contributed by atoms with Gasteiger partial charge in [0.25, 0.3) is 5.91 Å². The van der Waals surface area contributed by atoms with E-state index in [-0.39, 0.29) is 18.4 Å². The average molecular weight is 476 g/mol. The van der Waals surface area contributed by atoms with Gasteiger partial charge in [-0.1, -0.05) is 42.5 Å². The van der Waals surface area contributed by atoms with E-state index >= 15 is 0 Å². The van der Waals surface area contributed by atoms with Gasteiger partial charge in [0.1, 0.15) is 6.67 Å². The van der Waals surface area contributed by atoms with Gasteiger partial charge in [-0.05, 0) is 22.8 Å². The van der Waals surface area contributed by atoms with E-state index in [9.17, 15) is 14.7 Å². The molecule has 0 saturated carbocycles. The van der Waals surface area contributed by atoms with Crippen molar-refractivity contribution >= 4 is 17.7 Å². The van der Waals surface area contributed by atoms with Crippen LogP contribution in [0, 0.1) is 12.8 Å². The molecule has 5 rings (SSSR count). The summed E-state index contributed by atoms with van der Waals surface area (Å²) < 4.78 is 6.84. The van der Waals surface area contributed by atoms with Crippen molar-refractivity contribution in [3.8, 4) is 18.6 Å². The van der Waals surface area contributed by atoms with Crippen LogP contribution in [0.25, 0.3) is 0 Å². The molecule has 1 N–H and O–H groups in total. The van der Waals surface area contributed by atoms with Gasteiger partial charge in [-0.2, -0.15) is 0 Å². The van der Waals surface area contributed by atoms with Crippen molar-refractivity contribution in [1.82, 2.24) is 9.58 Å². The normalized spacial score (nSPS) is 16.4. The summed E-state index contributed by atoms with van der Waals surface area (Å²) in [6, 6.07) is 17.6. The van der Waals surface area contributed by atoms with Crippen LogP contribution in [0.2, 0.25) is 0 Å². The Hall–Kier alpha value is -3.67. The summed E-state index contributed by atoms with van der Waals surface area (Å²) in [6.07, 6.45) is 9.58. The number of aromatic hydroxyl groups is 1. The second-order valence-electron chi connectivity index (χ2n) is 7.79. The quantitative estimate of drug-likeness (QED) is 0.585. The molecular formula is C26H25N3O4S. The number of carbonyl (C=O) groups excluding carboxylic acids is 1. The number of terminal acetylenes is 1. The maximum Gasteiger partial charge on any atom is 0.277 e. The summed E-state index contributed by atoms with van der Waals surface area (Å²) >= 11 is 1.79.